The highest BCUT2D eigenvalue weighted by atomic mass is 16.1. The van der Waals surface area contributed by atoms with Crippen LogP contribution in [-0.2, 0) is 4.79 Å². The van der Waals surface area contributed by atoms with Gasteiger partial charge < -0.3 is 9.80 Å². The van der Waals surface area contributed by atoms with Crippen molar-refractivity contribution in [3.63, 3.8) is 0 Å². The Morgan fingerprint density at radius 1 is 1.30 bits per heavy atom. The number of likely N-dealkylation sites (N-methyl/N-ethyl adjacent to an activating group) is 2. The Bertz CT molecular complexity index is 329. The van der Waals surface area contributed by atoms with Crippen molar-refractivity contribution in [1.82, 2.24) is 9.80 Å². The highest BCUT2D eigenvalue weighted by Gasteiger charge is 2.31. The molecule has 3 heteroatoms. The zero-order valence-corrected chi connectivity index (χ0v) is 13.8. The molecular weight excluding hydrogens is 248 g/mol. The summed E-state index contributed by atoms with van der Waals surface area (Å²) in [5.41, 5.74) is 0. The predicted molar refractivity (Wildman–Crippen MR) is 83.8 cm³/mol. The standard InChI is InChI=1S/C17H32N2O/c1-13(2)14-7-8-17(20)15(10-14)11-18(3)12-16-6-5-9-19(16)4/h13-16H,5-12H2,1-4H3. The molecule has 20 heavy (non-hydrogen) atoms. The largest absolute Gasteiger partial charge is 0.304 e. The fraction of sp³-hybridized carbons (Fsp3) is 0.941. The first kappa shape index (κ1) is 16.0. The van der Waals surface area contributed by atoms with E-state index in [0.29, 0.717) is 11.8 Å². The van der Waals surface area contributed by atoms with Crippen LogP contribution in [0.1, 0.15) is 46.0 Å². The van der Waals surface area contributed by atoms with Crippen LogP contribution >= 0.6 is 0 Å². The van der Waals surface area contributed by atoms with E-state index in [1.54, 1.807) is 0 Å². The van der Waals surface area contributed by atoms with E-state index in [-0.39, 0.29) is 5.92 Å². The third kappa shape index (κ3) is 4.05. The van der Waals surface area contributed by atoms with Gasteiger partial charge in [0.25, 0.3) is 0 Å². The molecule has 2 aliphatic rings. The van der Waals surface area contributed by atoms with Gasteiger partial charge in [-0.2, -0.15) is 0 Å². The van der Waals surface area contributed by atoms with Crippen LogP contribution in [0.4, 0.5) is 0 Å². The van der Waals surface area contributed by atoms with Gasteiger partial charge in [-0.25, -0.2) is 0 Å². The number of likely N-dealkylation sites (tertiary alicyclic amines) is 1. The average Bonchev–Trinajstić information content (AvgIpc) is 2.77. The molecule has 1 heterocycles. The van der Waals surface area contributed by atoms with E-state index in [0.717, 1.165) is 44.2 Å². The van der Waals surface area contributed by atoms with Crippen molar-refractivity contribution in [2.24, 2.45) is 17.8 Å². The summed E-state index contributed by atoms with van der Waals surface area (Å²) in [6, 6.07) is 0.694. The number of nitrogens with zero attached hydrogens (tertiary/aromatic N) is 2. The van der Waals surface area contributed by atoms with Gasteiger partial charge in [-0.15, -0.1) is 0 Å². The molecule has 1 saturated carbocycles. The van der Waals surface area contributed by atoms with Crippen LogP contribution in [0.3, 0.4) is 0 Å². The quantitative estimate of drug-likeness (QED) is 0.773. The summed E-state index contributed by atoms with van der Waals surface area (Å²) in [5, 5.41) is 0. The Morgan fingerprint density at radius 3 is 2.65 bits per heavy atom. The molecule has 2 fully saturated rings. The fourth-order valence-corrected chi connectivity index (χ4v) is 3.95. The zero-order chi connectivity index (χ0) is 14.7. The summed E-state index contributed by atoms with van der Waals surface area (Å²) in [5.74, 6) is 2.26. The third-order valence-corrected chi connectivity index (χ3v) is 5.47. The van der Waals surface area contributed by atoms with Gasteiger partial charge >= 0.3 is 0 Å². The molecule has 0 spiro atoms. The molecular formula is C17H32N2O. The highest BCUT2D eigenvalue weighted by molar-refractivity contribution is 5.82. The van der Waals surface area contributed by atoms with Crippen molar-refractivity contribution in [1.29, 1.82) is 0 Å². The van der Waals surface area contributed by atoms with Crippen molar-refractivity contribution in [2.45, 2.75) is 52.0 Å². The Kier molecular flexibility index (Phi) is 5.62. The molecule has 3 unspecified atom stereocenters. The van der Waals surface area contributed by atoms with Crippen molar-refractivity contribution in [3.8, 4) is 0 Å². The molecule has 3 atom stereocenters. The van der Waals surface area contributed by atoms with Gasteiger partial charge in [0.2, 0.25) is 0 Å². The van der Waals surface area contributed by atoms with E-state index in [1.807, 2.05) is 0 Å². The van der Waals surface area contributed by atoms with Gasteiger partial charge in [-0.05, 0) is 58.2 Å². The lowest BCUT2D eigenvalue weighted by atomic mass is 9.75. The molecule has 0 aromatic rings. The molecule has 0 bridgehead atoms. The number of rotatable bonds is 5. The Labute approximate surface area is 124 Å². The summed E-state index contributed by atoms with van der Waals surface area (Å²) in [7, 11) is 4.42. The first-order valence-corrected chi connectivity index (χ1v) is 8.39. The molecule has 1 aliphatic heterocycles. The predicted octanol–water partition coefficient (Wildman–Crippen LogP) is 2.65. The second-order valence-electron chi connectivity index (χ2n) is 7.44. The average molecular weight is 280 g/mol. The Morgan fingerprint density at radius 2 is 2.05 bits per heavy atom. The monoisotopic (exact) mass is 280 g/mol. The number of ketones is 1. The second-order valence-corrected chi connectivity index (χ2v) is 7.44. The van der Waals surface area contributed by atoms with Crippen molar-refractivity contribution < 1.29 is 4.79 Å². The minimum Gasteiger partial charge on any atom is -0.304 e. The van der Waals surface area contributed by atoms with Crippen LogP contribution in [0.25, 0.3) is 0 Å². The van der Waals surface area contributed by atoms with E-state index in [2.05, 4.69) is 37.7 Å². The van der Waals surface area contributed by atoms with E-state index in [4.69, 9.17) is 0 Å². The number of Topliss-reactive ketones (excluding diaryl/α,β-unsaturated/α-hetero) is 1. The summed E-state index contributed by atoms with van der Waals surface area (Å²) >= 11 is 0. The van der Waals surface area contributed by atoms with Crippen LogP contribution in [0, 0.1) is 17.8 Å². The van der Waals surface area contributed by atoms with Gasteiger partial charge in [-0.3, -0.25) is 4.79 Å². The molecule has 1 aliphatic carbocycles. The molecule has 0 radical (unpaired) electrons. The highest BCUT2D eigenvalue weighted by Crippen LogP contribution is 2.32. The number of hydrogen-bond donors (Lipinski definition) is 0. The second kappa shape index (κ2) is 7.04. The van der Waals surface area contributed by atoms with Crippen molar-refractivity contribution in [2.75, 3.05) is 33.7 Å². The summed E-state index contributed by atoms with van der Waals surface area (Å²) in [6.07, 6.45) is 5.68. The summed E-state index contributed by atoms with van der Waals surface area (Å²) < 4.78 is 0. The van der Waals surface area contributed by atoms with Crippen molar-refractivity contribution >= 4 is 5.78 Å². The van der Waals surface area contributed by atoms with Crippen molar-refractivity contribution in [3.05, 3.63) is 0 Å². The lowest BCUT2D eigenvalue weighted by Gasteiger charge is -2.34. The Hall–Kier alpha value is -0.410. The van der Waals surface area contributed by atoms with Gasteiger partial charge in [-0.1, -0.05) is 13.8 Å². The first-order valence-electron chi connectivity index (χ1n) is 8.39. The molecule has 3 nitrogen and oxygen atoms in total. The van der Waals surface area contributed by atoms with E-state index in [9.17, 15) is 4.79 Å². The van der Waals surface area contributed by atoms with E-state index in [1.165, 1.54) is 19.4 Å². The lowest BCUT2D eigenvalue weighted by Crippen LogP contribution is -2.41. The minimum atomic E-state index is 0.285. The zero-order valence-electron chi connectivity index (χ0n) is 13.8. The van der Waals surface area contributed by atoms with Crippen LogP contribution < -0.4 is 0 Å². The van der Waals surface area contributed by atoms with Crippen LogP contribution in [0.2, 0.25) is 0 Å². The van der Waals surface area contributed by atoms with Crippen LogP contribution in [0.5, 0.6) is 0 Å². The fourth-order valence-electron chi connectivity index (χ4n) is 3.95. The summed E-state index contributed by atoms with van der Waals surface area (Å²) in [6.45, 7) is 7.92. The van der Waals surface area contributed by atoms with Gasteiger partial charge in [0.15, 0.2) is 0 Å². The van der Waals surface area contributed by atoms with Gasteiger partial charge in [0.05, 0.1) is 0 Å². The van der Waals surface area contributed by atoms with E-state index >= 15 is 0 Å². The molecule has 1 saturated heterocycles. The van der Waals surface area contributed by atoms with Gasteiger partial charge in [0, 0.05) is 31.5 Å². The lowest BCUT2D eigenvalue weighted by molar-refractivity contribution is -0.126. The molecule has 0 aromatic heterocycles. The van der Waals surface area contributed by atoms with Crippen LogP contribution in [0.15, 0.2) is 0 Å². The Balaban J connectivity index is 1.82. The molecule has 2 rings (SSSR count). The normalized spacial score (nSPS) is 32.5. The maximum absolute atomic E-state index is 12.2. The maximum Gasteiger partial charge on any atom is 0.137 e. The molecule has 116 valence electrons. The maximum atomic E-state index is 12.2. The topological polar surface area (TPSA) is 23.6 Å². The number of carbonyl (C=O) groups excluding carboxylic acids is 1. The third-order valence-electron chi connectivity index (χ3n) is 5.47. The van der Waals surface area contributed by atoms with E-state index < -0.39 is 0 Å². The summed E-state index contributed by atoms with van der Waals surface area (Å²) in [4.78, 5) is 17.0. The first-order chi connectivity index (χ1) is 9.47. The smallest absolute Gasteiger partial charge is 0.137 e. The number of hydrogen-bond acceptors (Lipinski definition) is 3. The van der Waals surface area contributed by atoms with Gasteiger partial charge in [0.1, 0.15) is 5.78 Å². The molecule has 0 amide bonds. The molecule has 0 N–H and O–H groups in total. The minimum absolute atomic E-state index is 0.285. The van der Waals surface area contributed by atoms with Crippen LogP contribution in [-0.4, -0.2) is 55.4 Å². The molecule has 0 aromatic carbocycles. The SMILES string of the molecule is CC(C)C1CCC(=O)C(CN(C)CC2CCCN2C)C1. The number of carbonyl (C=O) groups is 1.